The van der Waals surface area contributed by atoms with E-state index in [1.807, 2.05) is 6.07 Å². The van der Waals surface area contributed by atoms with E-state index in [0.29, 0.717) is 12.3 Å². The fourth-order valence-electron chi connectivity index (χ4n) is 3.33. The Labute approximate surface area is 125 Å². The minimum atomic E-state index is -0.124. The van der Waals surface area contributed by atoms with Gasteiger partial charge in [0.15, 0.2) is 5.76 Å². The molecule has 0 unspecified atom stereocenters. The Balaban J connectivity index is 1.76. The average molecular weight is 283 g/mol. The van der Waals surface area contributed by atoms with Gasteiger partial charge < -0.3 is 9.73 Å². The second kappa shape index (κ2) is 6.17. The number of rotatable bonds is 4. The van der Waals surface area contributed by atoms with Crippen LogP contribution in [0, 0.1) is 0 Å². The molecule has 1 aromatic carbocycles. The van der Waals surface area contributed by atoms with E-state index < -0.39 is 0 Å². The van der Waals surface area contributed by atoms with E-state index in [0.717, 1.165) is 12.8 Å². The summed E-state index contributed by atoms with van der Waals surface area (Å²) in [6, 6.07) is 14.0. The molecule has 3 rings (SSSR count). The first kappa shape index (κ1) is 13.9. The Kier molecular flexibility index (Phi) is 4.09. The van der Waals surface area contributed by atoms with Crippen LogP contribution in [-0.2, 0) is 5.41 Å². The van der Waals surface area contributed by atoms with Gasteiger partial charge in [0.1, 0.15) is 0 Å². The molecule has 0 radical (unpaired) electrons. The van der Waals surface area contributed by atoms with Crippen molar-refractivity contribution < 1.29 is 9.21 Å². The van der Waals surface area contributed by atoms with E-state index in [-0.39, 0.29) is 11.3 Å². The number of amides is 1. The Morgan fingerprint density at radius 2 is 1.81 bits per heavy atom. The molecule has 0 spiro atoms. The van der Waals surface area contributed by atoms with Gasteiger partial charge in [0, 0.05) is 12.0 Å². The van der Waals surface area contributed by atoms with Gasteiger partial charge in [-0.15, -0.1) is 0 Å². The van der Waals surface area contributed by atoms with Crippen LogP contribution < -0.4 is 5.32 Å². The molecule has 1 N–H and O–H groups in total. The van der Waals surface area contributed by atoms with Crippen molar-refractivity contribution in [1.82, 2.24) is 5.32 Å². The van der Waals surface area contributed by atoms with Crippen molar-refractivity contribution >= 4 is 5.91 Å². The molecule has 0 bridgehead atoms. The predicted molar refractivity (Wildman–Crippen MR) is 82.2 cm³/mol. The van der Waals surface area contributed by atoms with Crippen LogP contribution in [0.4, 0.5) is 0 Å². The lowest BCUT2D eigenvalue weighted by Crippen LogP contribution is -2.42. The lowest BCUT2D eigenvalue weighted by molar-refractivity contribution is 0.0909. The van der Waals surface area contributed by atoms with Gasteiger partial charge in [-0.05, 0) is 30.5 Å². The second-order valence-corrected chi connectivity index (χ2v) is 5.87. The molecule has 0 saturated heterocycles. The molecule has 1 amide bonds. The molecule has 1 aliphatic carbocycles. The van der Waals surface area contributed by atoms with Crippen molar-refractivity contribution in [3.05, 3.63) is 60.1 Å². The van der Waals surface area contributed by atoms with E-state index in [1.165, 1.54) is 31.1 Å². The molecule has 1 aliphatic rings. The third-order valence-electron chi connectivity index (χ3n) is 4.53. The zero-order chi connectivity index (χ0) is 14.5. The zero-order valence-electron chi connectivity index (χ0n) is 12.2. The molecule has 0 atom stereocenters. The molecule has 2 aromatic rings. The Bertz CT molecular complexity index is 569. The lowest BCUT2D eigenvalue weighted by Gasteiger charge is -2.38. The van der Waals surface area contributed by atoms with Gasteiger partial charge in [0.05, 0.1) is 6.26 Å². The Morgan fingerprint density at radius 1 is 1.05 bits per heavy atom. The van der Waals surface area contributed by atoms with Crippen LogP contribution in [0.2, 0.25) is 0 Å². The highest BCUT2D eigenvalue weighted by atomic mass is 16.3. The van der Waals surface area contributed by atoms with Crippen molar-refractivity contribution in [1.29, 1.82) is 0 Å². The Hall–Kier alpha value is -2.03. The predicted octanol–water partition coefficient (Wildman–Crippen LogP) is 3.91. The Morgan fingerprint density at radius 3 is 2.48 bits per heavy atom. The summed E-state index contributed by atoms with van der Waals surface area (Å²) in [5.41, 5.74) is 1.41. The molecule has 1 saturated carbocycles. The van der Waals surface area contributed by atoms with Crippen molar-refractivity contribution in [3.8, 4) is 0 Å². The van der Waals surface area contributed by atoms with Crippen molar-refractivity contribution in [2.45, 2.75) is 37.5 Å². The summed E-state index contributed by atoms with van der Waals surface area (Å²) < 4.78 is 5.16. The molecule has 1 heterocycles. The van der Waals surface area contributed by atoms with Gasteiger partial charge in [-0.1, -0.05) is 49.6 Å². The number of furan rings is 1. The number of carbonyl (C=O) groups is 1. The highest BCUT2D eigenvalue weighted by molar-refractivity contribution is 5.91. The fraction of sp³-hybridized carbons (Fsp3) is 0.389. The van der Waals surface area contributed by atoms with Crippen LogP contribution >= 0.6 is 0 Å². The maximum Gasteiger partial charge on any atom is 0.287 e. The minimum absolute atomic E-state index is 0.0712. The molecule has 3 heteroatoms. The molecule has 1 fully saturated rings. The average Bonchev–Trinajstić information content (AvgIpc) is 3.09. The summed E-state index contributed by atoms with van der Waals surface area (Å²) in [6.45, 7) is 0.677. The van der Waals surface area contributed by atoms with Crippen LogP contribution in [-0.4, -0.2) is 12.5 Å². The summed E-state index contributed by atoms with van der Waals surface area (Å²) in [7, 11) is 0. The number of carbonyl (C=O) groups excluding carboxylic acids is 1. The summed E-state index contributed by atoms with van der Waals surface area (Å²) in [6.07, 6.45) is 7.55. The number of nitrogens with one attached hydrogen (secondary N) is 1. The monoisotopic (exact) mass is 283 g/mol. The molecule has 1 aromatic heterocycles. The SMILES string of the molecule is O=C(NCC1(c2ccccc2)CCCCC1)c1ccco1. The van der Waals surface area contributed by atoms with Gasteiger partial charge in [-0.3, -0.25) is 4.79 Å². The standard InChI is InChI=1S/C18H21NO2/c20-17(16-10-7-13-21-16)19-14-18(11-5-2-6-12-18)15-8-3-1-4-9-15/h1,3-4,7-10,13H,2,5-6,11-12,14H2,(H,19,20). The summed E-state index contributed by atoms with van der Waals surface area (Å²) >= 11 is 0. The van der Waals surface area contributed by atoms with Crippen molar-refractivity contribution in [2.24, 2.45) is 0 Å². The van der Waals surface area contributed by atoms with Crippen molar-refractivity contribution in [2.75, 3.05) is 6.54 Å². The van der Waals surface area contributed by atoms with Gasteiger partial charge in [0.2, 0.25) is 0 Å². The largest absolute Gasteiger partial charge is 0.459 e. The first-order valence-corrected chi connectivity index (χ1v) is 7.67. The summed E-state index contributed by atoms with van der Waals surface area (Å²) in [5.74, 6) is 0.259. The van der Waals surface area contributed by atoms with E-state index in [4.69, 9.17) is 4.42 Å². The third-order valence-corrected chi connectivity index (χ3v) is 4.53. The number of hydrogen-bond acceptors (Lipinski definition) is 2. The topological polar surface area (TPSA) is 42.2 Å². The van der Waals surface area contributed by atoms with Gasteiger partial charge in [0.25, 0.3) is 5.91 Å². The molecule has 0 aliphatic heterocycles. The van der Waals surface area contributed by atoms with Crippen LogP contribution in [0.3, 0.4) is 0 Å². The van der Waals surface area contributed by atoms with E-state index >= 15 is 0 Å². The van der Waals surface area contributed by atoms with Gasteiger partial charge in [-0.25, -0.2) is 0 Å². The van der Waals surface area contributed by atoms with Gasteiger partial charge in [-0.2, -0.15) is 0 Å². The molecular formula is C18H21NO2. The first-order valence-electron chi connectivity index (χ1n) is 7.67. The van der Waals surface area contributed by atoms with E-state index in [1.54, 1.807) is 12.1 Å². The normalized spacial score (nSPS) is 17.3. The van der Waals surface area contributed by atoms with Crippen LogP contribution in [0.25, 0.3) is 0 Å². The van der Waals surface area contributed by atoms with Gasteiger partial charge >= 0.3 is 0 Å². The van der Waals surface area contributed by atoms with Crippen LogP contribution in [0.15, 0.2) is 53.1 Å². The maximum atomic E-state index is 12.1. The summed E-state index contributed by atoms with van der Waals surface area (Å²) in [4.78, 5) is 12.1. The molecular weight excluding hydrogens is 262 g/mol. The van der Waals surface area contributed by atoms with E-state index in [2.05, 4.69) is 29.6 Å². The fourth-order valence-corrected chi connectivity index (χ4v) is 3.33. The molecule has 110 valence electrons. The highest BCUT2D eigenvalue weighted by Crippen LogP contribution is 2.38. The third kappa shape index (κ3) is 3.02. The smallest absolute Gasteiger partial charge is 0.287 e. The first-order chi connectivity index (χ1) is 10.3. The van der Waals surface area contributed by atoms with Crippen LogP contribution in [0.1, 0.15) is 48.2 Å². The number of hydrogen-bond donors (Lipinski definition) is 1. The van der Waals surface area contributed by atoms with E-state index in [9.17, 15) is 4.79 Å². The maximum absolute atomic E-state index is 12.1. The zero-order valence-corrected chi connectivity index (χ0v) is 12.2. The summed E-state index contributed by atoms with van der Waals surface area (Å²) in [5, 5.41) is 3.06. The molecule has 21 heavy (non-hydrogen) atoms. The lowest BCUT2D eigenvalue weighted by atomic mass is 9.69. The minimum Gasteiger partial charge on any atom is -0.459 e. The quantitative estimate of drug-likeness (QED) is 0.924. The van der Waals surface area contributed by atoms with Crippen LogP contribution in [0.5, 0.6) is 0 Å². The number of benzene rings is 1. The van der Waals surface area contributed by atoms with Crippen molar-refractivity contribution in [3.63, 3.8) is 0 Å². The molecule has 3 nitrogen and oxygen atoms in total. The highest BCUT2D eigenvalue weighted by Gasteiger charge is 2.34. The second-order valence-electron chi connectivity index (χ2n) is 5.87.